The van der Waals surface area contributed by atoms with Gasteiger partial charge in [0.1, 0.15) is 23.7 Å². The zero-order chi connectivity index (χ0) is 22.5. The molecule has 32 heavy (non-hydrogen) atoms. The van der Waals surface area contributed by atoms with Crippen molar-refractivity contribution in [3.8, 4) is 22.6 Å². The monoisotopic (exact) mass is 430 g/mol. The molecule has 0 radical (unpaired) electrons. The second-order valence-corrected chi connectivity index (χ2v) is 7.67. The van der Waals surface area contributed by atoms with E-state index in [9.17, 15) is 4.79 Å². The predicted octanol–water partition coefficient (Wildman–Crippen LogP) is 5.15. The van der Waals surface area contributed by atoms with Crippen molar-refractivity contribution in [2.24, 2.45) is 0 Å². The number of nitrogens with zero attached hydrogens (tertiary/aromatic N) is 1. The summed E-state index contributed by atoms with van der Waals surface area (Å²) in [4.78, 5) is 15.0. The number of para-hydroxylation sites is 1. The number of hydrogen-bond acceptors (Lipinski definition) is 6. The Kier molecular flexibility index (Phi) is 6.42. The number of benzene rings is 3. The van der Waals surface area contributed by atoms with E-state index in [4.69, 9.17) is 13.9 Å². The summed E-state index contributed by atoms with van der Waals surface area (Å²) in [6.07, 6.45) is 0. The summed E-state index contributed by atoms with van der Waals surface area (Å²) in [6.45, 7) is 1.46. The Morgan fingerprint density at radius 3 is 2.28 bits per heavy atom. The van der Waals surface area contributed by atoms with Gasteiger partial charge in [0.2, 0.25) is 0 Å². The van der Waals surface area contributed by atoms with Crippen LogP contribution in [0.5, 0.6) is 11.5 Å². The molecular formula is C26H26N2O4. The number of fused-ring (bicyclic) bond motifs is 1. The van der Waals surface area contributed by atoms with Crippen LogP contribution in [0, 0.1) is 0 Å². The molecule has 1 aromatic heterocycles. The fourth-order valence-corrected chi connectivity index (χ4v) is 3.42. The molecule has 0 atom stereocenters. The van der Waals surface area contributed by atoms with E-state index in [1.165, 1.54) is 0 Å². The molecule has 0 fully saturated rings. The molecule has 4 rings (SSSR count). The zero-order valence-electron chi connectivity index (χ0n) is 18.4. The molecule has 0 aliphatic carbocycles. The van der Waals surface area contributed by atoms with Gasteiger partial charge < -0.3 is 24.1 Å². The van der Waals surface area contributed by atoms with Gasteiger partial charge >= 0.3 is 5.63 Å². The number of rotatable bonds is 8. The molecule has 0 aliphatic rings. The molecule has 1 heterocycles. The minimum Gasteiger partial charge on any atom is -0.497 e. The third kappa shape index (κ3) is 4.76. The SMILES string of the molecule is COc1ccc(-c2c(Nc3ccc(OCCN(C)C)cc3)c3ccccc3oc2=O)cc1. The standard InChI is InChI=1S/C26H26N2O4/c1-28(2)16-17-31-21-14-10-19(11-15-21)27-25-22-6-4-5-7-23(22)32-26(29)24(25)18-8-12-20(30-3)13-9-18/h4-15,27H,16-17H2,1-3H3. The number of anilines is 2. The molecule has 3 aromatic carbocycles. The van der Waals surface area contributed by atoms with Crippen LogP contribution in [-0.2, 0) is 0 Å². The first-order valence-electron chi connectivity index (χ1n) is 10.4. The summed E-state index contributed by atoms with van der Waals surface area (Å²) in [5.41, 5.74) is 2.88. The molecule has 0 saturated carbocycles. The van der Waals surface area contributed by atoms with E-state index in [0.717, 1.165) is 34.7 Å². The van der Waals surface area contributed by atoms with E-state index in [0.29, 0.717) is 23.4 Å². The number of hydrogen-bond donors (Lipinski definition) is 1. The summed E-state index contributed by atoms with van der Waals surface area (Å²) < 4.78 is 16.6. The van der Waals surface area contributed by atoms with Crippen molar-refractivity contribution in [2.45, 2.75) is 0 Å². The molecule has 0 spiro atoms. The third-order valence-corrected chi connectivity index (χ3v) is 5.12. The van der Waals surface area contributed by atoms with E-state index in [1.807, 2.05) is 80.8 Å². The van der Waals surface area contributed by atoms with Crippen molar-refractivity contribution >= 4 is 22.3 Å². The molecule has 0 amide bonds. The molecule has 6 nitrogen and oxygen atoms in total. The van der Waals surface area contributed by atoms with Crippen molar-refractivity contribution < 1.29 is 13.9 Å². The second-order valence-electron chi connectivity index (χ2n) is 7.67. The Hall–Kier alpha value is -3.77. The topological polar surface area (TPSA) is 63.9 Å². The highest BCUT2D eigenvalue weighted by molar-refractivity contribution is 5.99. The maximum absolute atomic E-state index is 13.0. The molecule has 0 aliphatic heterocycles. The maximum Gasteiger partial charge on any atom is 0.346 e. The molecule has 164 valence electrons. The highest BCUT2D eigenvalue weighted by atomic mass is 16.5. The smallest absolute Gasteiger partial charge is 0.346 e. The lowest BCUT2D eigenvalue weighted by Gasteiger charge is -2.15. The van der Waals surface area contributed by atoms with Crippen molar-refractivity contribution in [1.29, 1.82) is 0 Å². The van der Waals surface area contributed by atoms with Gasteiger partial charge in [-0.15, -0.1) is 0 Å². The zero-order valence-corrected chi connectivity index (χ0v) is 18.4. The van der Waals surface area contributed by atoms with Gasteiger partial charge in [-0.25, -0.2) is 4.79 Å². The first-order valence-corrected chi connectivity index (χ1v) is 10.4. The van der Waals surface area contributed by atoms with E-state index < -0.39 is 5.63 Å². The molecule has 4 aromatic rings. The lowest BCUT2D eigenvalue weighted by molar-refractivity contribution is 0.261. The predicted molar refractivity (Wildman–Crippen MR) is 128 cm³/mol. The van der Waals surface area contributed by atoms with Crippen LogP contribution in [0.4, 0.5) is 11.4 Å². The normalized spacial score (nSPS) is 11.0. The van der Waals surface area contributed by atoms with Crippen LogP contribution < -0.4 is 20.4 Å². The van der Waals surface area contributed by atoms with Gasteiger partial charge in [0.05, 0.1) is 18.4 Å². The average Bonchev–Trinajstić information content (AvgIpc) is 2.80. The van der Waals surface area contributed by atoms with Crippen LogP contribution in [0.25, 0.3) is 22.1 Å². The fourth-order valence-electron chi connectivity index (χ4n) is 3.42. The maximum atomic E-state index is 13.0. The first kappa shape index (κ1) is 21.5. The van der Waals surface area contributed by atoms with Gasteiger partial charge in [-0.05, 0) is 68.2 Å². The largest absolute Gasteiger partial charge is 0.497 e. The lowest BCUT2D eigenvalue weighted by atomic mass is 10.0. The molecule has 0 saturated heterocycles. The van der Waals surface area contributed by atoms with Crippen LogP contribution in [0.3, 0.4) is 0 Å². The summed E-state index contributed by atoms with van der Waals surface area (Å²) in [5.74, 6) is 1.52. The van der Waals surface area contributed by atoms with Gasteiger partial charge in [0.25, 0.3) is 0 Å². The minimum atomic E-state index is -0.403. The summed E-state index contributed by atoms with van der Waals surface area (Å²) in [7, 11) is 5.63. The number of likely N-dealkylation sites (N-methyl/N-ethyl adjacent to an activating group) is 1. The van der Waals surface area contributed by atoms with Crippen LogP contribution in [0.2, 0.25) is 0 Å². The lowest BCUT2D eigenvalue weighted by Crippen LogP contribution is -2.19. The molecular weight excluding hydrogens is 404 g/mol. The molecule has 0 unspecified atom stereocenters. The number of methoxy groups -OCH3 is 1. The van der Waals surface area contributed by atoms with Crippen LogP contribution >= 0.6 is 0 Å². The van der Waals surface area contributed by atoms with Crippen molar-refractivity contribution in [1.82, 2.24) is 4.90 Å². The van der Waals surface area contributed by atoms with Gasteiger partial charge in [-0.3, -0.25) is 0 Å². The Morgan fingerprint density at radius 1 is 0.906 bits per heavy atom. The summed E-state index contributed by atoms with van der Waals surface area (Å²) >= 11 is 0. The first-order chi connectivity index (χ1) is 15.5. The number of ether oxygens (including phenoxy) is 2. The fraction of sp³-hybridized carbons (Fsp3) is 0.192. The minimum absolute atomic E-state index is 0.403. The second kappa shape index (κ2) is 9.58. The Labute approximate surface area is 187 Å². The van der Waals surface area contributed by atoms with E-state index in [2.05, 4.69) is 10.2 Å². The Morgan fingerprint density at radius 2 is 1.59 bits per heavy atom. The van der Waals surface area contributed by atoms with Crippen molar-refractivity contribution in [3.05, 3.63) is 83.2 Å². The molecule has 6 heteroatoms. The third-order valence-electron chi connectivity index (χ3n) is 5.12. The van der Waals surface area contributed by atoms with E-state index >= 15 is 0 Å². The molecule has 0 bridgehead atoms. The Balaban J connectivity index is 1.71. The van der Waals surface area contributed by atoms with Gasteiger partial charge in [0.15, 0.2) is 0 Å². The van der Waals surface area contributed by atoms with Crippen LogP contribution in [-0.4, -0.2) is 39.3 Å². The van der Waals surface area contributed by atoms with Gasteiger partial charge in [-0.1, -0.05) is 24.3 Å². The average molecular weight is 431 g/mol. The van der Waals surface area contributed by atoms with Crippen LogP contribution in [0.1, 0.15) is 0 Å². The summed E-state index contributed by atoms with van der Waals surface area (Å²) in [6, 6.07) is 22.6. The highest BCUT2D eigenvalue weighted by Crippen LogP contribution is 2.35. The van der Waals surface area contributed by atoms with Crippen molar-refractivity contribution in [2.75, 3.05) is 39.7 Å². The Bertz CT molecular complexity index is 1250. The van der Waals surface area contributed by atoms with Gasteiger partial charge in [-0.2, -0.15) is 0 Å². The van der Waals surface area contributed by atoms with Crippen molar-refractivity contribution in [3.63, 3.8) is 0 Å². The van der Waals surface area contributed by atoms with E-state index in [1.54, 1.807) is 13.2 Å². The van der Waals surface area contributed by atoms with E-state index in [-0.39, 0.29) is 0 Å². The quantitative estimate of drug-likeness (QED) is 0.390. The number of nitrogens with one attached hydrogen (secondary N) is 1. The highest BCUT2D eigenvalue weighted by Gasteiger charge is 2.17. The van der Waals surface area contributed by atoms with Crippen LogP contribution in [0.15, 0.2) is 82.0 Å². The molecule has 1 N–H and O–H groups in total. The summed E-state index contributed by atoms with van der Waals surface area (Å²) in [5, 5.41) is 4.25. The van der Waals surface area contributed by atoms with Gasteiger partial charge in [0, 0.05) is 17.6 Å².